The highest BCUT2D eigenvalue weighted by molar-refractivity contribution is 5.96. The number of nitrogens with zero attached hydrogens (tertiary/aromatic N) is 2. The van der Waals surface area contributed by atoms with Gasteiger partial charge in [0.1, 0.15) is 0 Å². The quantitative estimate of drug-likeness (QED) is 0.934. The minimum atomic E-state index is -4.38. The minimum absolute atomic E-state index is 0.245. The van der Waals surface area contributed by atoms with E-state index >= 15 is 0 Å². The fourth-order valence-corrected chi connectivity index (χ4v) is 3.12. The van der Waals surface area contributed by atoms with Gasteiger partial charge in [-0.25, -0.2) is 0 Å². The minimum Gasteiger partial charge on any atom is -0.349 e. The number of rotatable bonds is 3. The van der Waals surface area contributed by atoms with Gasteiger partial charge in [0, 0.05) is 24.7 Å². The van der Waals surface area contributed by atoms with Crippen LogP contribution in [0, 0.1) is 13.8 Å². The van der Waals surface area contributed by atoms with Crippen LogP contribution in [-0.4, -0.2) is 21.7 Å². The van der Waals surface area contributed by atoms with Crippen molar-refractivity contribution in [3.05, 3.63) is 52.3 Å². The smallest absolute Gasteiger partial charge is 0.349 e. The van der Waals surface area contributed by atoms with Crippen LogP contribution in [-0.2, 0) is 13.2 Å². The normalized spacial score (nSPS) is 20.1. The zero-order valence-electron chi connectivity index (χ0n) is 13.6. The van der Waals surface area contributed by atoms with E-state index in [4.69, 9.17) is 0 Å². The van der Waals surface area contributed by atoms with Crippen molar-refractivity contribution in [2.45, 2.75) is 38.4 Å². The van der Waals surface area contributed by atoms with Gasteiger partial charge in [-0.3, -0.25) is 9.48 Å². The van der Waals surface area contributed by atoms with E-state index in [2.05, 4.69) is 10.4 Å². The van der Waals surface area contributed by atoms with Crippen molar-refractivity contribution >= 4 is 5.91 Å². The van der Waals surface area contributed by atoms with E-state index < -0.39 is 11.7 Å². The molecule has 1 amide bonds. The second kappa shape index (κ2) is 5.65. The summed E-state index contributed by atoms with van der Waals surface area (Å²) in [7, 11) is 1.75. The summed E-state index contributed by atoms with van der Waals surface area (Å²) in [5.41, 5.74) is 1.46. The van der Waals surface area contributed by atoms with Gasteiger partial charge in [0.05, 0.1) is 16.8 Å². The van der Waals surface area contributed by atoms with Crippen LogP contribution >= 0.6 is 0 Å². The van der Waals surface area contributed by atoms with E-state index in [1.165, 1.54) is 12.1 Å². The van der Waals surface area contributed by atoms with E-state index in [-0.39, 0.29) is 23.4 Å². The third-order valence-corrected chi connectivity index (χ3v) is 4.51. The molecule has 0 spiro atoms. The molecule has 128 valence electrons. The van der Waals surface area contributed by atoms with Gasteiger partial charge in [-0.15, -0.1) is 0 Å². The van der Waals surface area contributed by atoms with Crippen LogP contribution in [0.4, 0.5) is 13.2 Å². The lowest BCUT2D eigenvalue weighted by atomic mass is 10.0. The van der Waals surface area contributed by atoms with Crippen LogP contribution in [0.3, 0.4) is 0 Å². The summed E-state index contributed by atoms with van der Waals surface area (Å²) < 4.78 is 40.9. The van der Waals surface area contributed by atoms with E-state index in [0.29, 0.717) is 17.7 Å². The number of amides is 1. The molecule has 4 nitrogen and oxygen atoms in total. The Morgan fingerprint density at radius 1 is 1.29 bits per heavy atom. The second-order valence-corrected chi connectivity index (χ2v) is 6.18. The molecule has 1 heterocycles. The first-order valence-electron chi connectivity index (χ1n) is 7.67. The van der Waals surface area contributed by atoms with E-state index in [0.717, 1.165) is 11.8 Å². The number of aryl methyl sites for hydroxylation is 2. The lowest BCUT2D eigenvalue weighted by Gasteiger charge is -2.12. The largest absolute Gasteiger partial charge is 0.416 e. The molecule has 7 heteroatoms. The molecule has 0 radical (unpaired) electrons. The number of carbonyl (C=O) groups excluding carboxylic acids is 1. The molecule has 1 fully saturated rings. The topological polar surface area (TPSA) is 46.9 Å². The lowest BCUT2D eigenvalue weighted by molar-refractivity contribution is -0.138. The van der Waals surface area contributed by atoms with Gasteiger partial charge in [-0.2, -0.15) is 18.3 Å². The molecule has 2 unspecified atom stereocenters. The van der Waals surface area contributed by atoms with Gasteiger partial charge in [-0.1, -0.05) is 18.2 Å². The number of hydrogen-bond acceptors (Lipinski definition) is 2. The molecule has 1 aromatic heterocycles. The molecular formula is C17H18F3N3O. The van der Waals surface area contributed by atoms with Gasteiger partial charge in [0.15, 0.2) is 0 Å². The van der Waals surface area contributed by atoms with Crippen LogP contribution in [0.15, 0.2) is 24.3 Å². The monoisotopic (exact) mass is 337 g/mol. The van der Waals surface area contributed by atoms with Crippen LogP contribution in [0.5, 0.6) is 0 Å². The first kappa shape index (κ1) is 16.5. The number of alkyl halides is 3. The molecule has 2 aromatic rings. The Balaban J connectivity index is 1.76. The molecule has 1 saturated carbocycles. The van der Waals surface area contributed by atoms with Crippen LogP contribution in [0.1, 0.15) is 45.2 Å². The number of hydrogen-bond donors (Lipinski definition) is 1. The summed E-state index contributed by atoms with van der Waals surface area (Å²) in [6.07, 6.45) is -3.87. The molecule has 1 N–H and O–H groups in total. The highest BCUT2D eigenvalue weighted by Gasteiger charge is 2.45. The molecule has 1 aliphatic rings. The van der Waals surface area contributed by atoms with Crippen molar-refractivity contribution in [2.24, 2.45) is 7.05 Å². The average Bonchev–Trinajstić information content (AvgIpc) is 3.19. The SMILES string of the molecule is Cc1nn(C)c(C)c1C(=O)NC1CC1c1ccccc1C(F)(F)F. The molecule has 0 saturated heterocycles. The maximum atomic E-state index is 13.1. The number of nitrogens with one attached hydrogen (secondary N) is 1. The fourth-order valence-electron chi connectivity index (χ4n) is 3.12. The summed E-state index contributed by atoms with van der Waals surface area (Å²) in [6, 6.07) is 5.27. The maximum absolute atomic E-state index is 13.1. The Labute approximate surface area is 137 Å². The van der Waals surface area contributed by atoms with Crippen molar-refractivity contribution in [1.82, 2.24) is 15.1 Å². The number of halogens is 3. The van der Waals surface area contributed by atoms with E-state index in [9.17, 15) is 18.0 Å². The van der Waals surface area contributed by atoms with Crippen LogP contribution in [0.2, 0.25) is 0 Å². The van der Waals surface area contributed by atoms with Gasteiger partial charge >= 0.3 is 6.18 Å². The molecule has 1 aliphatic carbocycles. The summed E-state index contributed by atoms with van der Waals surface area (Å²) in [6.45, 7) is 3.53. The van der Waals surface area contributed by atoms with Gasteiger partial charge in [-0.05, 0) is 31.9 Å². The summed E-state index contributed by atoms with van der Waals surface area (Å²) in [4.78, 5) is 12.4. The van der Waals surface area contributed by atoms with Gasteiger partial charge < -0.3 is 5.32 Å². The van der Waals surface area contributed by atoms with Crippen LogP contribution < -0.4 is 5.32 Å². The van der Waals surface area contributed by atoms with Gasteiger partial charge in [0.2, 0.25) is 0 Å². The average molecular weight is 337 g/mol. The Morgan fingerprint density at radius 3 is 2.54 bits per heavy atom. The molecule has 1 aromatic carbocycles. The highest BCUT2D eigenvalue weighted by atomic mass is 19.4. The predicted molar refractivity (Wildman–Crippen MR) is 82.7 cm³/mol. The molecule has 3 rings (SSSR count). The first-order chi connectivity index (χ1) is 11.2. The summed E-state index contributed by atoms with van der Waals surface area (Å²) in [5, 5.41) is 7.02. The van der Waals surface area contributed by atoms with Gasteiger partial charge in [0.25, 0.3) is 5.91 Å². The first-order valence-corrected chi connectivity index (χ1v) is 7.67. The number of aromatic nitrogens is 2. The Kier molecular flexibility index (Phi) is 3.89. The van der Waals surface area contributed by atoms with Crippen molar-refractivity contribution in [1.29, 1.82) is 0 Å². The number of benzene rings is 1. The molecule has 24 heavy (non-hydrogen) atoms. The standard InChI is InChI=1S/C17H18F3N3O/c1-9-15(10(2)23(3)22-9)16(24)21-14-8-12(14)11-6-4-5-7-13(11)17(18,19)20/h4-7,12,14H,8H2,1-3H3,(H,21,24). The Hall–Kier alpha value is -2.31. The van der Waals surface area contributed by atoms with E-state index in [1.807, 2.05) is 0 Å². The molecule has 2 atom stereocenters. The Morgan fingerprint density at radius 2 is 1.96 bits per heavy atom. The van der Waals surface area contributed by atoms with Crippen molar-refractivity contribution in [3.63, 3.8) is 0 Å². The Bertz CT molecular complexity index is 795. The zero-order valence-corrected chi connectivity index (χ0v) is 13.6. The fraction of sp³-hybridized carbons (Fsp3) is 0.412. The van der Waals surface area contributed by atoms with E-state index in [1.54, 1.807) is 31.6 Å². The predicted octanol–water partition coefficient (Wildman–Crippen LogP) is 3.34. The van der Waals surface area contributed by atoms with Crippen molar-refractivity contribution in [2.75, 3.05) is 0 Å². The number of carbonyl (C=O) groups is 1. The lowest BCUT2D eigenvalue weighted by Crippen LogP contribution is -2.27. The van der Waals surface area contributed by atoms with Crippen molar-refractivity contribution in [3.8, 4) is 0 Å². The van der Waals surface area contributed by atoms with Crippen molar-refractivity contribution < 1.29 is 18.0 Å². The highest BCUT2D eigenvalue weighted by Crippen LogP contribution is 2.46. The molecular weight excluding hydrogens is 319 g/mol. The molecule has 0 bridgehead atoms. The third-order valence-electron chi connectivity index (χ3n) is 4.51. The van der Waals surface area contributed by atoms with Crippen LogP contribution in [0.25, 0.3) is 0 Å². The summed E-state index contributed by atoms with van der Waals surface area (Å²) >= 11 is 0. The third kappa shape index (κ3) is 2.90. The summed E-state index contributed by atoms with van der Waals surface area (Å²) in [5.74, 6) is -0.584. The second-order valence-electron chi connectivity index (χ2n) is 6.18. The molecule has 0 aliphatic heterocycles. The maximum Gasteiger partial charge on any atom is 0.416 e. The zero-order chi connectivity index (χ0) is 17.6.